The van der Waals surface area contributed by atoms with Gasteiger partial charge in [-0.15, -0.1) is 0 Å². The van der Waals surface area contributed by atoms with Gasteiger partial charge in [0.25, 0.3) is 0 Å². The van der Waals surface area contributed by atoms with E-state index in [1.165, 1.54) is 26.4 Å². The van der Waals surface area contributed by atoms with Gasteiger partial charge in [-0.1, -0.05) is 42.5 Å². The molecular weight excluding hydrogens is 374 g/mol. The Morgan fingerprint density at radius 3 is 2.52 bits per heavy atom. The fourth-order valence-electron chi connectivity index (χ4n) is 2.86. The topological polar surface area (TPSA) is 104 Å². The minimum atomic E-state index is -0.521. The molecule has 0 saturated carbocycles. The summed E-state index contributed by atoms with van der Waals surface area (Å²) in [5.41, 5.74) is 2.61. The van der Waals surface area contributed by atoms with E-state index in [0.29, 0.717) is 5.56 Å². The summed E-state index contributed by atoms with van der Waals surface area (Å²) in [6.07, 6.45) is 0. The van der Waals surface area contributed by atoms with Crippen LogP contribution in [0.3, 0.4) is 0 Å². The summed E-state index contributed by atoms with van der Waals surface area (Å²) in [5.74, 6) is -0.120. The molecule has 3 aromatic rings. The first-order valence-corrected chi connectivity index (χ1v) is 8.73. The molecule has 0 aliphatic heterocycles. The number of esters is 1. The van der Waals surface area contributed by atoms with E-state index in [-0.39, 0.29) is 23.9 Å². The van der Waals surface area contributed by atoms with E-state index in [4.69, 9.17) is 9.47 Å². The van der Waals surface area contributed by atoms with Crippen LogP contribution in [0.4, 0.5) is 11.5 Å². The number of pyridine rings is 1. The number of hydrogen-bond donors (Lipinski definition) is 1. The normalized spacial score (nSPS) is 10.3. The minimum Gasteiger partial charge on any atom is -0.481 e. The summed E-state index contributed by atoms with van der Waals surface area (Å²) in [5, 5.41) is 14.2. The largest absolute Gasteiger partial charge is 0.481 e. The Morgan fingerprint density at radius 1 is 1.10 bits per heavy atom. The van der Waals surface area contributed by atoms with Gasteiger partial charge in [0.05, 0.1) is 24.7 Å². The minimum absolute atomic E-state index is 0.0844. The molecule has 1 aromatic heterocycles. The predicted molar refractivity (Wildman–Crippen MR) is 108 cm³/mol. The van der Waals surface area contributed by atoms with Gasteiger partial charge in [0.2, 0.25) is 11.7 Å². The molecule has 2 aromatic carbocycles. The smallest absolute Gasteiger partial charge is 0.338 e. The van der Waals surface area contributed by atoms with Gasteiger partial charge in [0, 0.05) is 18.7 Å². The number of methoxy groups -OCH3 is 2. The van der Waals surface area contributed by atoms with Gasteiger partial charge in [-0.05, 0) is 22.8 Å². The highest BCUT2D eigenvalue weighted by atomic mass is 16.6. The lowest BCUT2D eigenvalue weighted by Gasteiger charge is -2.12. The van der Waals surface area contributed by atoms with Crippen molar-refractivity contribution in [1.29, 1.82) is 0 Å². The lowest BCUT2D eigenvalue weighted by molar-refractivity contribution is -0.384. The van der Waals surface area contributed by atoms with Crippen molar-refractivity contribution >= 4 is 17.5 Å². The first kappa shape index (κ1) is 19.8. The molecule has 0 unspecified atom stereocenters. The lowest BCUT2D eigenvalue weighted by atomic mass is 9.97. The van der Waals surface area contributed by atoms with E-state index in [2.05, 4.69) is 10.3 Å². The van der Waals surface area contributed by atoms with Crippen molar-refractivity contribution < 1.29 is 19.2 Å². The molecule has 1 heterocycles. The Hall–Kier alpha value is -3.94. The summed E-state index contributed by atoms with van der Waals surface area (Å²) < 4.78 is 9.96. The maximum Gasteiger partial charge on any atom is 0.338 e. The number of anilines is 1. The number of ether oxygens (including phenoxy) is 2. The third kappa shape index (κ3) is 4.49. The molecule has 29 heavy (non-hydrogen) atoms. The molecule has 0 radical (unpaired) electrons. The van der Waals surface area contributed by atoms with E-state index < -0.39 is 10.9 Å². The Bertz CT molecular complexity index is 1040. The summed E-state index contributed by atoms with van der Waals surface area (Å²) in [4.78, 5) is 27.1. The molecule has 0 bridgehead atoms. The van der Waals surface area contributed by atoms with Gasteiger partial charge >= 0.3 is 11.7 Å². The third-order valence-electron chi connectivity index (χ3n) is 4.29. The molecule has 8 heteroatoms. The summed E-state index contributed by atoms with van der Waals surface area (Å²) in [7, 11) is 2.76. The van der Waals surface area contributed by atoms with Gasteiger partial charge in [0.15, 0.2) is 0 Å². The fraction of sp³-hybridized carbons (Fsp3) is 0.143. The first-order chi connectivity index (χ1) is 14.0. The van der Waals surface area contributed by atoms with Crippen LogP contribution in [0.1, 0.15) is 15.9 Å². The van der Waals surface area contributed by atoms with Crippen LogP contribution >= 0.6 is 0 Å². The number of nitro groups is 1. The third-order valence-corrected chi connectivity index (χ3v) is 4.29. The van der Waals surface area contributed by atoms with Crippen LogP contribution in [-0.2, 0) is 11.3 Å². The second kappa shape index (κ2) is 8.83. The molecule has 0 fully saturated rings. The molecule has 0 spiro atoms. The summed E-state index contributed by atoms with van der Waals surface area (Å²) in [6.45, 7) is 0.222. The van der Waals surface area contributed by atoms with E-state index in [0.717, 1.165) is 16.7 Å². The number of aromatic nitrogens is 1. The van der Waals surface area contributed by atoms with Crippen LogP contribution in [0, 0.1) is 10.1 Å². The predicted octanol–water partition coefficient (Wildman–Crippen LogP) is 4.06. The summed E-state index contributed by atoms with van der Waals surface area (Å²) in [6, 6.07) is 17.6. The molecule has 0 saturated heterocycles. The van der Waals surface area contributed by atoms with E-state index >= 15 is 0 Å². The van der Waals surface area contributed by atoms with Crippen molar-refractivity contribution in [2.24, 2.45) is 0 Å². The highest BCUT2D eigenvalue weighted by Crippen LogP contribution is 2.28. The fourth-order valence-corrected chi connectivity index (χ4v) is 2.86. The van der Waals surface area contributed by atoms with Crippen molar-refractivity contribution in [3.63, 3.8) is 0 Å². The Morgan fingerprint density at radius 2 is 1.86 bits per heavy atom. The van der Waals surface area contributed by atoms with Crippen molar-refractivity contribution in [1.82, 2.24) is 4.98 Å². The Balaban J connectivity index is 1.91. The van der Waals surface area contributed by atoms with E-state index in [9.17, 15) is 14.9 Å². The van der Waals surface area contributed by atoms with E-state index in [1.807, 2.05) is 42.5 Å². The number of carbonyl (C=O) groups excluding carboxylic acids is 1. The molecule has 1 N–H and O–H groups in total. The van der Waals surface area contributed by atoms with Crippen molar-refractivity contribution in [2.75, 3.05) is 19.5 Å². The van der Waals surface area contributed by atoms with Gasteiger partial charge < -0.3 is 14.8 Å². The van der Waals surface area contributed by atoms with Crippen LogP contribution in [0.2, 0.25) is 0 Å². The second-order valence-corrected chi connectivity index (χ2v) is 6.07. The number of carbonyl (C=O) groups is 1. The van der Waals surface area contributed by atoms with Gasteiger partial charge in [-0.25, -0.2) is 4.79 Å². The zero-order chi connectivity index (χ0) is 20.8. The zero-order valence-corrected chi connectivity index (χ0v) is 15.9. The first-order valence-electron chi connectivity index (χ1n) is 8.73. The molecule has 0 atom stereocenters. The van der Waals surface area contributed by atoms with E-state index in [1.54, 1.807) is 6.07 Å². The monoisotopic (exact) mass is 393 g/mol. The highest BCUT2D eigenvalue weighted by Gasteiger charge is 2.18. The number of nitrogens with one attached hydrogen (secondary N) is 1. The zero-order valence-electron chi connectivity index (χ0n) is 15.9. The molecule has 148 valence electrons. The van der Waals surface area contributed by atoms with Crippen molar-refractivity contribution in [2.45, 2.75) is 6.54 Å². The van der Waals surface area contributed by atoms with Crippen LogP contribution in [-0.4, -0.2) is 30.1 Å². The number of nitrogens with zero attached hydrogens (tertiary/aromatic N) is 2. The van der Waals surface area contributed by atoms with Crippen LogP contribution in [0.25, 0.3) is 11.1 Å². The maximum absolute atomic E-state index is 12.3. The van der Waals surface area contributed by atoms with Crippen LogP contribution in [0.5, 0.6) is 5.88 Å². The average Bonchev–Trinajstić information content (AvgIpc) is 2.77. The number of benzene rings is 2. The second-order valence-electron chi connectivity index (χ2n) is 6.07. The van der Waals surface area contributed by atoms with Gasteiger partial charge in [-0.3, -0.25) is 10.1 Å². The Kier molecular flexibility index (Phi) is 6.03. The highest BCUT2D eigenvalue weighted by molar-refractivity contribution is 5.97. The molecule has 0 amide bonds. The maximum atomic E-state index is 12.3. The van der Waals surface area contributed by atoms with Crippen LogP contribution in [0.15, 0.2) is 60.7 Å². The van der Waals surface area contributed by atoms with Gasteiger partial charge in [0.1, 0.15) is 0 Å². The summed E-state index contributed by atoms with van der Waals surface area (Å²) >= 11 is 0. The van der Waals surface area contributed by atoms with Crippen LogP contribution < -0.4 is 10.1 Å². The lowest BCUT2D eigenvalue weighted by Crippen LogP contribution is -2.08. The SMILES string of the molecule is COC(=O)c1cc(CNc2nc(OC)ccc2[N+](=O)[O-])ccc1-c1ccccc1. The Labute approximate surface area is 167 Å². The van der Waals surface area contributed by atoms with Crippen molar-refractivity contribution in [3.05, 3.63) is 81.9 Å². The molecule has 0 aliphatic carbocycles. The molecule has 0 aliphatic rings. The molecule has 3 rings (SSSR count). The quantitative estimate of drug-likeness (QED) is 0.367. The number of hydrogen-bond acceptors (Lipinski definition) is 7. The molecule has 8 nitrogen and oxygen atoms in total. The number of rotatable bonds is 7. The average molecular weight is 393 g/mol. The van der Waals surface area contributed by atoms with Crippen molar-refractivity contribution in [3.8, 4) is 17.0 Å². The molecular formula is C21H19N3O5. The standard InChI is InChI=1S/C21H19N3O5/c1-28-19-11-10-18(24(26)27)20(23-19)22-13-14-8-9-16(15-6-4-3-5-7-15)17(12-14)21(25)29-2/h3-12H,13H2,1-2H3,(H,22,23). The van der Waals surface area contributed by atoms with Gasteiger partial charge in [-0.2, -0.15) is 4.98 Å².